The minimum Gasteiger partial charge on any atom is -0.467 e. The maximum atomic E-state index is 12.5. The lowest BCUT2D eigenvalue weighted by atomic mass is 10.2. The van der Waals surface area contributed by atoms with Crippen molar-refractivity contribution < 1.29 is 9.21 Å². The molecule has 1 saturated heterocycles. The van der Waals surface area contributed by atoms with Gasteiger partial charge in [-0.15, -0.1) is 24.0 Å². The van der Waals surface area contributed by atoms with Gasteiger partial charge in [-0.25, -0.2) is 0 Å². The van der Waals surface area contributed by atoms with Crippen molar-refractivity contribution in [2.45, 2.75) is 13.1 Å². The Morgan fingerprint density at radius 2 is 2.04 bits per heavy atom. The van der Waals surface area contributed by atoms with Gasteiger partial charge in [-0.05, 0) is 29.8 Å². The monoisotopic (exact) mass is 488 g/mol. The van der Waals surface area contributed by atoms with Crippen molar-refractivity contribution in [2.75, 3.05) is 26.7 Å². The fourth-order valence-corrected chi connectivity index (χ4v) is 2.90. The summed E-state index contributed by atoms with van der Waals surface area (Å²) in [7, 11) is 1.72. The topological polar surface area (TPSA) is 61.1 Å². The SMILES string of the molecule is CN=C(NCc1ccco1)N1CCN(Cc2ccc(Cl)cc2)C(=O)C1.I. The molecule has 6 nitrogen and oxygen atoms in total. The molecule has 1 fully saturated rings. The van der Waals surface area contributed by atoms with Crippen LogP contribution < -0.4 is 5.32 Å². The zero-order valence-electron chi connectivity index (χ0n) is 14.5. The molecule has 0 unspecified atom stereocenters. The second-order valence-electron chi connectivity index (χ2n) is 5.84. The third-order valence-corrected chi connectivity index (χ3v) is 4.37. The number of rotatable bonds is 4. The van der Waals surface area contributed by atoms with Crippen LogP contribution in [-0.2, 0) is 17.9 Å². The van der Waals surface area contributed by atoms with Crippen molar-refractivity contribution in [3.8, 4) is 0 Å². The highest BCUT2D eigenvalue weighted by atomic mass is 127. The number of benzene rings is 1. The van der Waals surface area contributed by atoms with Crippen LogP contribution in [0.2, 0.25) is 5.02 Å². The Balaban J connectivity index is 0.00000243. The van der Waals surface area contributed by atoms with E-state index in [2.05, 4.69) is 10.3 Å². The van der Waals surface area contributed by atoms with E-state index in [-0.39, 0.29) is 29.9 Å². The van der Waals surface area contributed by atoms with Crippen molar-refractivity contribution in [3.63, 3.8) is 0 Å². The lowest BCUT2D eigenvalue weighted by Gasteiger charge is -2.36. The minimum absolute atomic E-state index is 0. The number of nitrogens with zero attached hydrogens (tertiary/aromatic N) is 3. The summed E-state index contributed by atoms with van der Waals surface area (Å²) in [6.45, 7) is 2.84. The van der Waals surface area contributed by atoms with Gasteiger partial charge in [0, 0.05) is 31.7 Å². The number of aliphatic imine (C=N–C) groups is 1. The maximum absolute atomic E-state index is 12.5. The molecule has 0 radical (unpaired) electrons. The van der Waals surface area contributed by atoms with Gasteiger partial charge in [0.05, 0.1) is 19.4 Å². The Kier molecular flexibility index (Phi) is 7.77. The number of hydrogen-bond donors (Lipinski definition) is 1. The van der Waals surface area contributed by atoms with Crippen LogP contribution in [0, 0.1) is 0 Å². The van der Waals surface area contributed by atoms with Crippen LogP contribution in [0.25, 0.3) is 0 Å². The summed E-state index contributed by atoms with van der Waals surface area (Å²) < 4.78 is 5.31. The average Bonchev–Trinajstić information content (AvgIpc) is 3.13. The quantitative estimate of drug-likeness (QED) is 0.408. The lowest BCUT2D eigenvalue weighted by Crippen LogP contribution is -2.54. The third kappa shape index (κ3) is 5.38. The number of carbonyl (C=O) groups excluding carboxylic acids is 1. The number of amides is 1. The lowest BCUT2D eigenvalue weighted by molar-refractivity contribution is -0.135. The number of piperazine rings is 1. The first-order valence-electron chi connectivity index (χ1n) is 8.16. The Labute approximate surface area is 175 Å². The van der Waals surface area contributed by atoms with Gasteiger partial charge >= 0.3 is 0 Å². The second kappa shape index (κ2) is 9.82. The summed E-state index contributed by atoms with van der Waals surface area (Å²) in [4.78, 5) is 20.6. The normalized spacial score (nSPS) is 15.0. The van der Waals surface area contributed by atoms with Gasteiger partial charge in [-0.1, -0.05) is 23.7 Å². The predicted molar refractivity (Wildman–Crippen MR) is 113 cm³/mol. The van der Waals surface area contributed by atoms with E-state index >= 15 is 0 Å². The molecule has 3 rings (SSSR count). The molecular weight excluding hydrogens is 467 g/mol. The fourth-order valence-electron chi connectivity index (χ4n) is 2.78. The third-order valence-electron chi connectivity index (χ3n) is 4.12. The Bertz CT molecular complexity index is 734. The van der Waals surface area contributed by atoms with Crippen molar-refractivity contribution in [1.82, 2.24) is 15.1 Å². The first-order chi connectivity index (χ1) is 12.2. The highest BCUT2D eigenvalue weighted by molar-refractivity contribution is 14.0. The zero-order valence-corrected chi connectivity index (χ0v) is 17.6. The number of hydrogen-bond acceptors (Lipinski definition) is 3. The summed E-state index contributed by atoms with van der Waals surface area (Å²) in [6, 6.07) is 11.3. The number of halogens is 2. The van der Waals surface area contributed by atoms with Gasteiger partial charge in [0.15, 0.2) is 5.96 Å². The Hall–Kier alpha value is -1.74. The molecule has 140 valence electrons. The van der Waals surface area contributed by atoms with Crippen LogP contribution in [0.3, 0.4) is 0 Å². The molecule has 0 atom stereocenters. The first-order valence-corrected chi connectivity index (χ1v) is 8.53. The minimum atomic E-state index is 0. The number of carbonyl (C=O) groups is 1. The molecular formula is C18H22ClIN4O2. The molecule has 1 aliphatic heterocycles. The summed E-state index contributed by atoms with van der Waals surface area (Å²) >= 11 is 5.91. The van der Waals surface area contributed by atoms with Crippen LogP contribution in [0.5, 0.6) is 0 Å². The second-order valence-corrected chi connectivity index (χ2v) is 6.28. The van der Waals surface area contributed by atoms with Gasteiger partial charge in [-0.3, -0.25) is 9.79 Å². The first kappa shape index (κ1) is 20.6. The van der Waals surface area contributed by atoms with Crippen molar-refractivity contribution in [3.05, 3.63) is 59.0 Å². The molecule has 8 heteroatoms. The largest absolute Gasteiger partial charge is 0.467 e. The van der Waals surface area contributed by atoms with Gasteiger partial charge in [-0.2, -0.15) is 0 Å². The molecule has 26 heavy (non-hydrogen) atoms. The molecule has 2 aromatic rings. The van der Waals surface area contributed by atoms with Gasteiger partial charge in [0.25, 0.3) is 0 Å². The van der Waals surface area contributed by atoms with Gasteiger partial charge in [0.2, 0.25) is 5.91 Å². The summed E-state index contributed by atoms with van der Waals surface area (Å²) in [5.41, 5.74) is 1.08. The highest BCUT2D eigenvalue weighted by Crippen LogP contribution is 2.13. The molecule has 1 N–H and O–H groups in total. The van der Waals surface area contributed by atoms with Crippen LogP contribution >= 0.6 is 35.6 Å². The molecule has 1 amide bonds. The predicted octanol–water partition coefficient (Wildman–Crippen LogP) is 2.97. The van der Waals surface area contributed by atoms with Crippen LogP contribution in [0.4, 0.5) is 0 Å². The van der Waals surface area contributed by atoms with E-state index in [4.69, 9.17) is 16.0 Å². The van der Waals surface area contributed by atoms with E-state index in [0.717, 1.165) is 17.9 Å². The summed E-state index contributed by atoms with van der Waals surface area (Å²) in [5, 5.41) is 3.93. The molecule has 0 bridgehead atoms. The summed E-state index contributed by atoms with van der Waals surface area (Å²) in [5.74, 6) is 1.62. The smallest absolute Gasteiger partial charge is 0.242 e. The molecule has 1 aromatic carbocycles. The maximum Gasteiger partial charge on any atom is 0.242 e. The van der Waals surface area contributed by atoms with E-state index < -0.39 is 0 Å². The zero-order chi connectivity index (χ0) is 17.6. The van der Waals surface area contributed by atoms with Crippen LogP contribution in [-0.4, -0.2) is 48.3 Å². The molecule has 1 aromatic heterocycles. The van der Waals surface area contributed by atoms with E-state index in [1.807, 2.05) is 46.2 Å². The average molecular weight is 489 g/mol. The van der Waals surface area contributed by atoms with Crippen LogP contribution in [0.15, 0.2) is 52.1 Å². The van der Waals surface area contributed by atoms with Gasteiger partial charge < -0.3 is 19.5 Å². The standard InChI is InChI=1S/C18H21ClN4O2.HI/c1-20-18(21-11-16-3-2-10-25-16)23-9-8-22(17(24)13-23)12-14-4-6-15(19)7-5-14;/h2-7,10H,8-9,11-13H2,1H3,(H,20,21);1H. The summed E-state index contributed by atoms with van der Waals surface area (Å²) in [6.07, 6.45) is 1.64. The van der Waals surface area contributed by atoms with E-state index in [0.29, 0.717) is 37.2 Å². The number of furan rings is 1. The molecule has 2 heterocycles. The van der Waals surface area contributed by atoms with E-state index in [1.54, 1.807) is 13.3 Å². The Morgan fingerprint density at radius 3 is 2.65 bits per heavy atom. The highest BCUT2D eigenvalue weighted by Gasteiger charge is 2.25. The number of guanidine groups is 1. The van der Waals surface area contributed by atoms with Crippen molar-refractivity contribution >= 4 is 47.4 Å². The molecule has 0 spiro atoms. The van der Waals surface area contributed by atoms with Crippen LogP contribution in [0.1, 0.15) is 11.3 Å². The van der Waals surface area contributed by atoms with Crippen molar-refractivity contribution in [2.24, 2.45) is 4.99 Å². The Morgan fingerprint density at radius 1 is 1.27 bits per heavy atom. The molecule has 1 aliphatic rings. The van der Waals surface area contributed by atoms with Gasteiger partial charge in [0.1, 0.15) is 5.76 Å². The number of nitrogens with one attached hydrogen (secondary N) is 1. The molecule has 0 aliphatic carbocycles. The van der Waals surface area contributed by atoms with Crippen molar-refractivity contribution in [1.29, 1.82) is 0 Å². The van der Waals surface area contributed by atoms with E-state index in [9.17, 15) is 4.79 Å². The fraction of sp³-hybridized carbons (Fsp3) is 0.333. The molecule has 0 saturated carbocycles. The van der Waals surface area contributed by atoms with E-state index in [1.165, 1.54) is 0 Å².